The molecule has 2 heterocycles. The van der Waals surface area contributed by atoms with Gasteiger partial charge in [-0.25, -0.2) is 0 Å². The van der Waals surface area contributed by atoms with Crippen molar-refractivity contribution >= 4 is 17.5 Å². The SMILES string of the molecule is CCn1cc(CN(C)C(=O)CN2C(=O)[C@@]3(COc4ccccc4)C[C@H]3c3ccccc32)c(C)n1. The third kappa shape index (κ3) is 3.85. The van der Waals surface area contributed by atoms with Crippen molar-refractivity contribution in [3.63, 3.8) is 0 Å². The predicted molar refractivity (Wildman–Crippen MR) is 130 cm³/mol. The molecular formula is C27H30N4O3. The molecule has 2 atom stereocenters. The van der Waals surface area contributed by atoms with E-state index >= 15 is 0 Å². The Morgan fingerprint density at radius 1 is 1.18 bits per heavy atom. The van der Waals surface area contributed by atoms with Crippen molar-refractivity contribution in [2.45, 2.75) is 39.3 Å². The van der Waals surface area contributed by atoms with Crippen LogP contribution in [0.2, 0.25) is 0 Å². The third-order valence-electron chi connectivity index (χ3n) is 7.09. The van der Waals surface area contributed by atoms with Crippen LogP contribution in [0.5, 0.6) is 5.75 Å². The summed E-state index contributed by atoms with van der Waals surface area (Å²) in [5, 5.41) is 4.47. The molecule has 2 amide bonds. The lowest BCUT2D eigenvalue weighted by Crippen LogP contribution is -2.48. The number of benzene rings is 2. The second-order valence-electron chi connectivity index (χ2n) is 9.31. The minimum absolute atomic E-state index is 0.00706. The smallest absolute Gasteiger partial charge is 0.242 e. The Labute approximate surface area is 199 Å². The van der Waals surface area contributed by atoms with Crippen molar-refractivity contribution in [1.82, 2.24) is 14.7 Å². The van der Waals surface area contributed by atoms with Crippen molar-refractivity contribution in [3.8, 4) is 5.75 Å². The van der Waals surface area contributed by atoms with Crippen LogP contribution in [0.3, 0.4) is 0 Å². The molecule has 0 N–H and O–H groups in total. The highest BCUT2D eigenvalue weighted by atomic mass is 16.5. The van der Waals surface area contributed by atoms with Crippen LogP contribution in [0.25, 0.3) is 0 Å². The molecule has 0 saturated heterocycles. The average Bonchev–Trinajstić information content (AvgIpc) is 3.51. The standard InChI is InChI=1S/C27H30N4O3/c1-4-30-16-20(19(2)28-30)15-29(3)25(32)17-31-24-13-9-8-12-22(24)23-14-27(23,26(31)33)18-34-21-10-6-5-7-11-21/h5-13,16,23H,4,14-15,17-18H2,1-3H3/t23-,27+/m0/s1. The molecule has 2 aliphatic rings. The number of ether oxygens (including phenoxy) is 1. The second kappa shape index (κ2) is 8.63. The number of carbonyl (C=O) groups is 2. The number of aryl methyl sites for hydroxylation is 2. The lowest BCUT2D eigenvalue weighted by Gasteiger charge is -2.34. The van der Waals surface area contributed by atoms with Gasteiger partial charge in [-0.1, -0.05) is 36.4 Å². The first-order valence-electron chi connectivity index (χ1n) is 11.8. The van der Waals surface area contributed by atoms with Gasteiger partial charge in [-0.2, -0.15) is 5.10 Å². The van der Waals surface area contributed by atoms with E-state index in [1.807, 2.05) is 73.3 Å². The van der Waals surface area contributed by atoms with Crippen LogP contribution in [-0.2, 0) is 22.7 Å². The summed E-state index contributed by atoms with van der Waals surface area (Å²) in [6.07, 6.45) is 2.72. The van der Waals surface area contributed by atoms with Crippen molar-refractivity contribution in [1.29, 1.82) is 0 Å². The topological polar surface area (TPSA) is 67.7 Å². The van der Waals surface area contributed by atoms with E-state index in [4.69, 9.17) is 4.74 Å². The maximum Gasteiger partial charge on any atom is 0.242 e. The van der Waals surface area contributed by atoms with Gasteiger partial charge in [0.25, 0.3) is 0 Å². The zero-order valence-electron chi connectivity index (χ0n) is 19.9. The molecule has 1 fully saturated rings. The zero-order valence-corrected chi connectivity index (χ0v) is 19.9. The van der Waals surface area contributed by atoms with E-state index in [9.17, 15) is 9.59 Å². The summed E-state index contributed by atoms with van der Waals surface area (Å²) in [6, 6.07) is 17.5. The minimum atomic E-state index is -0.609. The van der Waals surface area contributed by atoms with Gasteiger partial charge in [0, 0.05) is 43.5 Å². The molecule has 0 bridgehead atoms. The summed E-state index contributed by atoms with van der Waals surface area (Å²) < 4.78 is 7.90. The van der Waals surface area contributed by atoms with Gasteiger partial charge in [-0.3, -0.25) is 14.3 Å². The number of para-hydroxylation sites is 2. The van der Waals surface area contributed by atoms with E-state index in [2.05, 4.69) is 11.2 Å². The Bertz CT molecular complexity index is 1220. The molecule has 1 aliphatic heterocycles. The fraction of sp³-hybridized carbons (Fsp3) is 0.370. The molecule has 1 aromatic heterocycles. The predicted octanol–water partition coefficient (Wildman–Crippen LogP) is 3.77. The van der Waals surface area contributed by atoms with Gasteiger partial charge in [0.2, 0.25) is 11.8 Å². The van der Waals surface area contributed by atoms with Crippen LogP contribution in [0, 0.1) is 12.3 Å². The van der Waals surface area contributed by atoms with Gasteiger partial charge in [-0.15, -0.1) is 0 Å². The molecule has 0 spiro atoms. The van der Waals surface area contributed by atoms with E-state index in [-0.39, 0.29) is 24.3 Å². The third-order valence-corrected chi connectivity index (χ3v) is 7.09. The quantitative estimate of drug-likeness (QED) is 0.515. The monoisotopic (exact) mass is 458 g/mol. The molecule has 0 radical (unpaired) electrons. The summed E-state index contributed by atoms with van der Waals surface area (Å²) in [7, 11) is 1.78. The molecule has 7 heteroatoms. The molecule has 0 unspecified atom stereocenters. The number of nitrogens with zero attached hydrogens (tertiary/aromatic N) is 4. The highest BCUT2D eigenvalue weighted by Crippen LogP contribution is 2.65. The molecule has 176 valence electrons. The van der Waals surface area contributed by atoms with Gasteiger partial charge in [0.05, 0.1) is 11.1 Å². The van der Waals surface area contributed by atoms with Crippen LogP contribution in [-0.4, -0.2) is 46.7 Å². The first-order chi connectivity index (χ1) is 16.4. The molecule has 5 rings (SSSR count). The molecule has 7 nitrogen and oxygen atoms in total. The van der Waals surface area contributed by atoms with Gasteiger partial charge in [-0.05, 0) is 44.0 Å². The molecule has 3 aromatic rings. The lowest BCUT2D eigenvalue weighted by atomic mass is 9.92. The van der Waals surface area contributed by atoms with Crippen molar-refractivity contribution < 1.29 is 14.3 Å². The summed E-state index contributed by atoms with van der Waals surface area (Å²) in [5.74, 6) is 0.750. The van der Waals surface area contributed by atoms with E-state index < -0.39 is 5.41 Å². The van der Waals surface area contributed by atoms with E-state index in [1.165, 1.54) is 0 Å². The number of likely N-dealkylation sites (N-methyl/N-ethyl adjacent to an activating group) is 1. The minimum Gasteiger partial charge on any atom is -0.492 e. The molecule has 34 heavy (non-hydrogen) atoms. The highest BCUT2D eigenvalue weighted by Gasteiger charge is 2.66. The van der Waals surface area contributed by atoms with Crippen LogP contribution in [0.4, 0.5) is 5.69 Å². The Balaban J connectivity index is 1.34. The first kappa shape index (κ1) is 22.2. The Hall–Kier alpha value is -3.61. The average molecular weight is 459 g/mol. The summed E-state index contributed by atoms with van der Waals surface area (Å²) in [4.78, 5) is 30.3. The summed E-state index contributed by atoms with van der Waals surface area (Å²) in [5.41, 5.74) is 3.27. The number of rotatable bonds is 8. The maximum atomic E-state index is 13.7. The normalized spacial score (nSPS) is 20.5. The number of hydrogen-bond acceptors (Lipinski definition) is 4. The van der Waals surface area contributed by atoms with Gasteiger partial charge in [0.1, 0.15) is 18.9 Å². The van der Waals surface area contributed by atoms with Crippen LogP contribution >= 0.6 is 0 Å². The molecular weight excluding hydrogens is 428 g/mol. The van der Waals surface area contributed by atoms with Gasteiger partial charge in [0.15, 0.2) is 0 Å². The van der Waals surface area contributed by atoms with Crippen molar-refractivity contribution in [2.75, 3.05) is 25.1 Å². The highest BCUT2D eigenvalue weighted by molar-refractivity contribution is 6.07. The lowest BCUT2D eigenvalue weighted by molar-refractivity contribution is -0.132. The van der Waals surface area contributed by atoms with E-state index in [1.54, 1.807) is 16.8 Å². The number of amides is 2. The van der Waals surface area contributed by atoms with Crippen LogP contribution in [0.1, 0.15) is 36.1 Å². The molecule has 2 aromatic carbocycles. The first-order valence-corrected chi connectivity index (χ1v) is 11.8. The van der Waals surface area contributed by atoms with Crippen molar-refractivity contribution in [2.24, 2.45) is 5.41 Å². The zero-order chi connectivity index (χ0) is 23.9. The Morgan fingerprint density at radius 2 is 1.91 bits per heavy atom. The van der Waals surface area contributed by atoms with Gasteiger partial charge >= 0.3 is 0 Å². The number of hydrogen-bond donors (Lipinski definition) is 0. The Kier molecular flexibility index (Phi) is 5.63. The van der Waals surface area contributed by atoms with E-state index in [0.717, 1.165) is 41.2 Å². The number of anilines is 1. The largest absolute Gasteiger partial charge is 0.492 e. The second-order valence-corrected chi connectivity index (χ2v) is 9.31. The van der Waals surface area contributed by atoms with E-state index in [0.29, 0.717) is 13.2 Å². The number of aromatic nitrogens is 2. The number of fused-ring (bicyclic) bond motifs is 3. The summed E-state index contributed by atoms with van der Waals surface area (Å²) >= 11 is 0. The van der Waals surface area contributed by atoms with Gasteiger partial charge < -0.3 is 14.5 Å². The van der Waals surface area contributed by atoms with Crippen LogP contribution < -0.4 is 9.64 Å². The fourth-order valence-corrected chi connectivity index (χ4v) is 4.94. The Morgan fingerprint density at radius 3 is 2.65 bits per heavy atom. The number of carbonyl (C=O) groups excluding carboxylic acids is 2. The fourth-order valence-electron chi connectivity index (χ4n) is 4.94. The molecule has 1 aliphatic carbocycles. The summed E-state index contributed by atoms with van der Waals surface area (Å²) in [6.45, 7) is 5.55. The maximum absolute atomic E-state index is 13.7. The van der Waals surface area contributed by atoms with Crippen molar-refractivity contribution in [3.05, 3.63) is 77.6 Å². The molecule has 1 saturated carbocycles. The van der Waals surface area contributed by atoms with Crippen LogP contribution in [0.15, 0.2) is 60.8 Å².